The molecule has 2 rings (SSSR count). The lowest BCUT2D eigenvalue weighted by Gasteiger charge is -2.23. The maximum absolute atomic E-state index is 5.93. The van der Waals surface area contributed by atoms with E-state index < -0.39 is 0 Å². The quantitative estimate of drug-likeness (QED) is 0.796. The van der Waals surface area contributed by atoms with Gasteiger partial charge in [-0.05, 0) is 45.3 Å². The smallest absolute Gasteiger partial charge is 0.0740 e. The molecule has 3 nitrogen and oxygen atoms in total. The summed E-state index contributed by atoms with van der Waals surface area (Å²) in [6.45, 7) is 7.18. The van der Waals surface area contributed by atoms with Crippen LogP contribution in [-0.4, -0.2) is 24.2 Å². The molecule has 0 saturated carbocycles. The van der Waals surface area contributed by atoms with Crippen LogP contribution in [0.3, 0.4) is 0 Å². The molecule has 1 aliphatic heterocycles. The molecule has 0 aromatic carbocycles. The third-order valence-electron chi connectivity index (χ3n) is 3.18. The van der Waals surface area contributed by atoms with Gasteiger partial charge in [-0.2, -0.15) is 0 Å². The molecule has 2 N–H and O–H groups in total. The van der Waals surface area contributed by atoms with Crippen LogP contribution >= 0.6 is 0 Å². The number of aromatic nitrogens is 1. The first-order valence-corrected chi connectivity index (χ1v) is 5.73. The van der Waals surface area contributed by atoms with Gasteiger partial charge in [0.1, 0.15) is 0 Å². The molecule has 3 heteroatoms. The summed E-state index contributed by atoms with van der Waals surface area (Å²) in [6, 6.07) is 0. The normalized spacial score (nSPS) is 18.3. The summed E-state index contributed by atoms with van der Waals surface area (Å²) in [5.74, 6) is 0. The van der Waals surface area contributed by atoms with Gasteiger partial charge in [-0.15, -0.1) is 0 Å². The van der Waals surface area contributed by atoms with Gasteiger partial charge in [0.05, 0.1) is 12.7 Å². The molecule has 1 fully saturated rings. The Balaban J connectivity index is 1.87. The first kappa shape index (κ1) is 10.7. The number of hydrogen-bond acceptors (Lipinski definition) is 2. The second-order valence-electron chi connectivity index (χ2n) is 4.34. The van der Waals surface area contributed by atoms with Gasteiger partial charge in [0.25, 0.3) is 0 Å². The molecule has 0 spiro atoms. The van der Waals surface area contributed by atoms with Crippen molar-refractivity contribution >= 4 is 0 Å². The summed E-state index contributed by atoms with van der Waals surface area (Å²) in [5, 5.41) is 3.34. The van der Waals surface area contributed by atoms with Gasteiger partial charge in [-0.25, -0.2) is 0 Å². The standard InChI is InChI=1S/C12H20N2O/c1-9-7-14-10(2)12(9)8-15-11-3-5-13-6-4-11/h7,11,13-14H,3-6,8H2,1-2H3. The van der Waals surface area contributed by atoms with Crippen molar-refractivity contribution in [1.29, 1.82) is 0 Å². The highest BCUT2D eigenvalue weighted by molar-refractivity contribution is 5.27. The molecular formula is C12H20N2O. The van der Waals surface area contributed by atoms with Gasteiger partial charge >= 0.3 is 0 Å². The molecule has 1 aliphatic rings. The third-order valence-corrected chi connectivity index (χ3v) is 3.18. The minimum Gasteiger partial charge on any atom is -0.373 e. The SMILES string of the molecule is Cc1c[nH]c(C)c1COC1CCNCC1. The summed E-state index contributed by atoms with van der Waals surface area (Å²) in [6.07, 6.45) is 4.78. The zero-order valence-corrected chi connectivity index (χ0v) is 9.60. The van der Waals surface area contributed by atoms with Crippen LogP contribution in [0.25, 0.3) is 0 Å². The topological polar surface area (TPSA) is 37.0 Å². The fourth-order valence-corrected chi connectivity index (χ4v) is 2.07. The van der Waals surface area contributed by atoms with Crippen molar-refractivity contribution in [3.05, 3.63) is 23.0 Å². The number of hydrogen-bond donors (Lipinski definition) is 2. The van der Waals surface area contributed by atoms with Gasteiger partial charge in [-0.1, -0.05) is 0 Å². The molecule has 1 saturated heterocycles. The molecule has 0 bridgehead atoms. The number of rotatable bonds is 3. The molecule has 84 valence electrons. The molecule has 0 amide bonds. The predicted molar refractivity (Wildman–Crippen MR) is 60.9 cm³/mol. The molecule has 2 heterocycles. The Morgan fingerprint density at radius 1 is 1.33 bits per heavy atom. The van der Waals surface area contributed by atoms with E-state index in [0.717, 1.165) is 32.5 Å². The number of nitrogens with one attached hydrogen (secondary N) is 2. The highest BCUT2D eigenvalue weighted by Gasteiger charge is 2.14. The van der Waals surface area contributed by atoms with Gasteiger partial charge < -0.3 is 15.0 Å². The minimum absolute atomic E-state index is 0.444. The van der Waals surface area contributed by atoms with E-state index in [1.165, 1.54) is 16.8 Å². The molecule has 0 radical (unpaired) electrons. The largest absolute Gasteiger partial charge is 0.373 e. The monoisotopic (exact) mass is 208 g/mol. The molecule has 1 aromatic rings. The van der Waals surface area contributed by atoms with Crippen molar-refractivity contribution in [1.82, 2.24) is 10.3 Å². The number of H-pyrrole nitrogens is 1. The van der Waals surface area contributed by atoms with E-state index in [1.807, 2.05) is 0 Å². The predicted octanol–water partition coefficient (Wildman–Crippen LogP) is 1.90. The molecular weight excluding hydrogens is 188 g/mol. The van der Waals surface area contributed by atoms with Gasteiger partial charge in [-0.3, -0.25) is 0 Å². The van der Waals surface area contributed by atoms with Crippen molar-refractivity contribution in [3.63, 3.8) is 0 Å². The number of aromatic amines is 1. The molecule has 0 aliphatic carbocycles. The highest BCUT2D eigenvalue weighted by atomic mass is 16.5. The van der Waals surface area contributed by atoms with Crippen LogP contribution in [0.2, 0.25) is 0 Å². The second kappa shape index (κ2) is 4.81. The Bertz CT molecular complexity index is 294. The van der Waals surface area contributed by atoms with Crippen LogP contribution in [0.15, 0.2) is 6.20 Å². The summed E-state index contributed by atoms with van der Waals surface area (Å²) in [7, 11) is 0. The summed E-state index contributed by atoms with van der Waals surface area (Å²) < 4.78 is 5.93. The Kier molecular flexibility index (Phi) is 3.44. The van der Waals surface area contributed by atoms with Gasteiger partial charge in [0.2, 0.25) is 0 Å². The summed E-state index contributed by atoms with van der Waals surface area (Å²) in [4.78, 5) is 3.23. The summed E-state index contributed by atoms with van der Waals surface area (Å²) in [5.41, 5.74) is 3.87. The summed E-state index contributed by atoms with van der Waals surface area (Å²) >= 11 is 0. The van der Waals surface area contributed by atoms with Crippen LogP contribution in [0.1, 0.15) is 29.7 Å². The zero-order valence-electron chi connectivity index (χ0n) is 9.60. The average molecular weight is 208 g/mol. The Morgan fingerprint density at radius 3 is 2.67 bits per heavy atom. The van der Waals surface area contributed by atoms with Crippen LogP contribution in [0.4, 0.5) is 0 Å². The van der Waals surface area contributed by atoms with Crippen molar-refractivity contribution in [2.24, 2.45) is 0 Å². The number of aryl methyl sites for hydroxylation is 2. The van der Waals surface area contributed by atoms with Crippen molar-refractivity contribution in [2.45, 2.75) is 39.4 Å². The van der Waals surface area contributed by atoms with Crippen LogP contribution in [-0.2, 0) is 11.3 Å². The van der Waals surface area contributed by atoms with E-state index in [0.29, 0.717) is 6.10 Å². The first-order chi connectivity index (χ1) is 7.27. The highest BCUT2D eigenvalue weighted by Crippen LogP contribution is 2.16. The van der Waals surface area contributed by atoms with Crippen LogP contribution < -0.4 is 5.32 Å². The van der Waals surface area contributed by atoms with E-state index >= 15 is 0 Å². The number of piperidine rings is 1. The van der Waals surface area contributed by atoms with Crippen molar-refractivity contribution in [2.75, 3.05) is 13.1 Å². The average Bonchev–Trinajstić information content (AvgIpc) is 2.58. The second-order valence-corrected chi connectivity index (χ2v) is 4.34. The maximum atomic E-state index is 5.93. The Labute approximate surface area is 91.2 Å². The minimum atomic E-state index is 0.444. The van der Waals surface area contributed by atoms with E-state index in [2.05, 4.69) is 30.3 Å². The third kappa shape index (κ3) is 2.61. The van der Waals surface area contributed by atoms with Gasteiger partial charge in [0.15, 0.2) is 0 Å². The molecule has 1 aromatic heterocycles. The molecule has 0 unspecified atom stereocenters. The molecule has 0 atom stereocenters. The van der Waals surface area contributed by atoms with E-state index in [-0.39, 0.29) is 0 Å². The van der Waals surface area contributed by atoms with Gasteiger partial charge in [0, 0.05) is 17.5 Å². The van der Waals surface area contributed by atoms with E-state index in [4.69, 9.17) is 4.74 Å². The first-order valence-electron chi connectivity index (χ1n) is 5.73. The Morgan fingerprint density at radius 2 is 2.07 bits per heavy atom. The fourth-order valence-electron chi connectivity index (χ4n) is 2.07. The van der Waals surface area contributed by atoms with E-state index in [9.17, 15) is 0 Å². The van der Waals surface area contributed by atoms with Crippen molar-refractivity contribution < 1.29 is 4.74 Å². The van der Waals surface area contributed by atoms with Crippen LogP contribution in [0, 0.1) is 13.8 Å². The zero-order chi connectivity index (χ0) is 10.7. The maximum Gasteiger partial charge on any atom is 0.0740 e. The lowest BCUT2D eigenvalue weighted by atomic mass is 10.1. The van der Waals surface area contributed by atoms with Crippen molar-refractivity contribution in [3.8, 4) is 0 Å². The lowest BCUT2D eigenvalue weighted by molar-refractivity contribution is 0.0208. The fraction of sp³-hybridized carbons (Fsp3) is 0.667. The number of ether oxygens (including phenoxy) is 1. The Hall–Kier alpha value is -0.800. The molecule has 15 heavy (non-hydrogen) atoms. The van der Waals surface area contributed by atoms with E-state index in [1.54, 1.807) is 0 Å². The van der Waals surface area contributed by atoms with Crippen LogP contribution in [0.5, 0.6) is 0 Å². The lowest BCUT2D eigenvalue weighted by Crippen LogP contribution is -2.32.